The molecule has 0 aromatic heterocycles. The molecule has 0 aliphatic rings. The van der Waals surface area contributed by atoms with E-state index >= 15 is 0 Å². The quantitative estimate of drug-likeness (QED) is 0.513. The number of benzene rings is 2. The minimum Gasteiger partial charge on any atom is -0.493 e. The lowest BCUT2D eigenvalue weighted by Crippen LogP contribution is -2.10. The topological polar surface area (TPSA) is 65.0 Å². The van der Waals surface area contributed by atoms with Crippen molar-refractivity contribution in [2.75, 3.05) is 20.3 Å². The van der Waals surface area contributed by atoms with Gasteiger partial charge in [-0.15, -0.1) is 0 Å². The summed E-state index contributed by atoms with van der Waals surface area (Å²) < 4.78 is 16.8. The van der Waals surface area contributed by atoms with Crippen molar-refractivity contribution in [2.45, 2.75) is 26.7 Å². The first kappa shape index (κ1) is 20.4. The van der Waals surface area contributed by atoms with Gasteiger partial charge in [0.1, 0.15) is 19.0 Å². The molecule has 0 fully saturated rings. The van der Waals surface area contributed by atoms with E-state index in [1.54, 1.807) is 25.3 Å². The molecule has 5 heteroatoms. The van der Waals surface area contributed by atoms with Crippen molar-refractivity contribution in [3.63, 3.8) is 0 Å². The molecule has 0 aliphatic heterocycles. The molecule has 0 atom stereocenters. The van der Waals surface area contributed by atoms with Crippen LogP contribution in [-0.4, -0.2) is 31.4 Å². The fourth-order valence-electron chi connectivity index (χ4n) is 2.77. The van der Waals surface area contributed by atoms with Crippen molar-refractivity contribution in [3.05, 3.63) is 59.2 Å². The predicted molar refractivity (Wildman–Crippen MR) is 106 cm³/mol. The van der Waals surface area contributed by atoms with Crippen LogP contribution in [0.25, 0.3) is 6.08 Å². The van der Waals surface area contributed by atoms with Gasteiger partial charge < -0.3 is 19.3 Å². The van der Waals surface area contributed by atoms with Crippen molar-refractivity contribution in [1.29, 1.82) is 0 Å². The van der Waals surface area contributed by atoms with Crippen molar-refractivity contribution in [2.24, 2.45) is 0 Å². The van der Waals surface area contributed by atoms with E-state index in [0.717, 1.165) is 17.4 Å². The van der Waals surface area contributed by atoms with Gasteiger partial charge in [0.15, 0.2) is 11.5 Å². The zero-order valence-electron chi connectivity index (χ0n) is 16.2. The van der Waals surface area contributed by atoms with Gasteiger partial charge in [0.25, 0.3) is 0 Å². The molecule has 0 bridgehead atoms. The number of hydrogen-bond donors (Lipinski definition) is 1. The molecule has 0 unspecified atom stereocenters. The molecule has 2 aromatic rings. The van der Waals surface area contributed by atoms with Gasteiger partial charge in [0, 0.05) is 6.08 Å². The standard InChI is InChI=1S/C22H26O5/c1-15(2)19-8-7-18(13-16(19)3)26-11-12-27-20-9-5-17(6-10-22(23)24)14-21(20)25-4/h5-10,13-15H,11-12H2,1-4H3,(H,23,24)/b10-6-. The molecule has 0 saturated carbocycles. The molecule has 0 spiro atoms. The maximum atomic E-state index is 10.6. The molecule has 2 aromatic carbocycles. The van der Waals surface area contributed by atoms with Crippen LogP contribution in [0.3, 0.4) is 0 Å². The zero-order chi connectivity index (χ0) is 19.8. The number of carbonyl (C=O) groups is 1. The highest BCUT2D eigenvalue weighted by Crippen LogP contribution is 2.28. The lowest BCUT2D eigenvalue weighted by molar-refractivity contribution is -0.131. The summed E-state index contributed by atoms with van der Waals surface area (Å²) in [5.41, 5.74) is 3.26. The van der Waals surface area contributed by atoms with Gasteiger partial charge in [-0.2, -0.15) is 0 Å². The number of carboxylic acids is 1. The second-order valence-corrected chi connectivity index (χ2v) is 6.45. The van der Waals surface area contributed by atoms with Crippen LogP contribution in [-0.2, 0) is 4.79 Å². The number of rotatable bonds is 9. The van der Waals surface area contributed by atoms with Crippen LogP contribution in [0.4, 0.5) is 0 Å². The van der Waals surface area contributed by atoms with Gasteiger partial charge in [0.05, 0.1) is 7.11 Å². The molecular formula is C22H26O5. The largest absolute Gasteiger partial charge is 0.493 e. The van der Waals surface area contributed by atoms with Crippen LogP contribution in [0.2, 0.25) is 0 Å². The highest BCUT2D eigenvalue weighted by atomic mass is 16.5. The normalized spacial score (nSPS) is 11.0. The van der Waals surface area contributed by atoms with Crippen molar-refractivity contribution < 1.29 is 24.1 Å². The Morgan fingerprint density at radius 1 is 1.07 bits per heavy atom. The third-order valence-electron chi connectivity index (χ3n) is 4.08. The first-order valence-electron chi connectivity index (χ1n) is 8.86. The summed E-state index contributed by atoms with van der Waals surface area (Å²) in [7, 11) is 1.54. The van der Waals surface area contributed by atoms with Gasteiger partial charge in [-0.25, -0.2) is 4.79 Å². The zero-order valence-corrected chi connectivity index (χ0v) is 16.2. The van der Waals surface area contributed by atoms with Gasteiger partial charge in [-0.05, 0) is 59.9 Å². The van der Waals surface area contributed by atoms with Crippen molar-refractivity contribution >= 4 is 12.0 Å². The smallest absolute Gasteiger partial charge is 0.328 e. The summed E-state index contributed by atoms with van der Waals surface area (Å²) in [5, 5.41) is 8.70. The third-order valence-corrected chi connectivity index (χ3v) is 4.08. The molecule has 0 radical (unpaired) electrons. The van der Waals surface area contributed by atoms with Crippen LogP contribution in [0.5, 0.6) is 17.2 Å². The Labute approximate surface area is 160 Å². The summed E-state index contributed by atoms with van der Waals surface area (Å²) >= 11 is 0. The van der Waals surface area contributed by atoms with Crippen LogP contribution in [0, 0.1) is 6.92 Å². The first-order chi connectivity index (χ1) is 12.9. The van der Waals surface area contributed by atoms with Crippen molar-refractivity contribution in [1.82, 2.24) is 0 Å². The Morgan fingerprint density at radius 2 is 1.81 bits per heavy atom. The van der Waals surface area contributed by atoms with Crippen LogP contribution in [0.1, 0.15) is 36.5 Å². The van der Waals surface area contributed by atoms with Gasteiger partial charge in [-0.3, -0.25) is 0 Å². The Kier molecular flexibility index (Phi) is 7.29. The number of methoxy groups -OCH3 is 1. The van der Waals surface area contributed by atoms with E-state index in [0.29, 0.717) is 30.6 Å². The van der Waals surface area contributed by atoms with Gasteiger partial charge in [-0.1, -0.05) is 26.0 Å². The van der Waals surface area contributed by atoms with E-state index in [9.17, 15) is 4.79 Å². The SMILES string of the molecule is COc1cc(/C=C\C(=O)O)ccc1OCCOc1ccc(C(C)C)c(C)c1. The number of ether oxygens (including phenoxy) is 3. The van der Waals surface area contributed by atoms with Crippen molar-refractivity contribution in [3.8, 4) is 17.2 Å². The molecule has 27 heavy (non-hydrogen) atoms. The monoisotopic (exact) mass is 370 g/mol. The fourth-order valence-corrected chi connectivity index (χ4v) is 2.77. The molecule has 0 aliphatic carbocycles. The first-order valence-corrected chi connectivity index (χ1v) is 8.86. The summed E-state index contributed by atoms with van der Waals surface area (Å²) in [5.74, 6) is 1.44. The molecule has 5 nitrogen and oxygen atoms in total. The molecular weight excluding hydrogens is 344 g/mol. The van der Waals surface area contributed by atoms with E-state index < -0.39 is 5.97 Å². The second-order valence-electron chi connectivity index (χ2n) is 6.45. The lowest BCUT2D eigenvalue weighted by atomic mass is 9.98. The van der Waals surface area contributed by atoms with Gasteiger partial charge in [0.2, 0.25) is 0 Å². The fraction of sp³-hybridized carbons (Fsp3) is 0.318. The summed E-state index contributed by atoms with van der Waals surface area (Å²) in [4.78, 5) is 10.6. The minimum absolute atomic E-state index is 0.367. The second kappa shape index (κ2) is 9.67. The molecule has 0 heterocycles. The molecule has 1 N–H and O–H groups in total. The molecule has 0 saturated heterocycles. The average molecular weight is 370 g/mol. The highest BCUT2D eigenvalue weighted by Gasteiger charge is 2.07. The lowest BCUT2D eigenvalue weighted by Gasteiger charge is -2.14. The molecule has 2 rings (SSSR count). The maximum Gasteiger partial charge on any atom is 0.328 e. The van der Waals surface area contributed by atoms with E-state index in [1.807, 2.05) is 12.1 Å². The molecule has 144 valence electrons. The number of carboxylic acid groups (broad SMARTS) is 1. The number of aliphatic carboxylic acids is 1. The number of hydrogen-bond acceptors (Lipinski definition) is 4. The Hall–Kier alpha value is -2.95. The van der Waals surface area contributed by atoms with E-state index in [-0.39, 0.29) is 0 Å². The Bertz CT molecular complexity index is 808. The van der Waals surface area contributed by atoms with E-state index in [1.165, 1.54) is 17.2 Å². The average Bonchev–Trinajstić information content (AvgIpc) is 2.63. The molecule has 0 amide bonds. The van der Waals surface area contributed by atoms with E-state index in [2.05, 4.69) is 26.8 Å². The third kappa shape index (κ3) is 6.06. The highest BCUT2D eigenvalue weighted by molar-refractivity contribution is 5.85. The van der Waals surface area contributed by atoms with Crippen LogP contribution >= 0.6 is 0 Å². The summed E-state index contributed by atoms with van der Waals surface area (Å²) in [6, 6.07) is 11.4. The van der Waals surface area contributed by atoms with Crippen LogP contribution in [0.15, 0.2) is 42.5 Å². The Morgan fingerprint density at radius 3 is 2.44 bits per heavy atom. The van der Waals surface area contributed by atoms with Gasteiger partial charge >= 0.3 is 5.97 Å². The Balaban J connectivity index is 1.91. The minimum atomic E-state index is -0.997. The summed E-state index contributed by atoms with van der Waals surface area (Å²) in [6.45, 7) is 7.21. The van der Waals surface area contributed by atoms with Crippen LogP contribution < -0.4 is 14.2 Å². The predicted octanol–water partition coefficient (Wildman–Crippen LogP) is 4.68. The van der Waals surface area contributed by atoms with E-state index in [4.69, 9.17) is 19.3 Å². The maximum absolute atomic E-state index is 10.6. The number of aryl methyl sites for hydroxylation is 1. The summed E-state index contributed by atoms with van der Waals surface area (Å²) in [6.07, 6.45) is 2.58.